The van der Waals surface area contributed by atoms with Crippen LogP contribution in [0.25, 0.3) is 0 Å². The van der Waals surface area contributed by atoms with Crippen LogP contribution in [0.15, 0.2) is 35.9 Å². The summed E-state index contributed by atoms with van der Waals surface area (Å²) in [5, 5.41) is 96.5. The van der Waals surface area contributed by atoms with Gasteiger partial charge in [-0.05, 0) is 108 Å². The van der Waals surface area contributed by atoms with Crippen LogP contribution in [0.1, 0.15) is 115 Å². The van der Waals surface area contributed by atoms with E-state index in [0.29, 0.717) is 29.5 Å². The molecule has 6 fully saturated rings. The maximum atomic E-state index is 15.1. The van der Waals surface area contributed by atoms with Crippen molar-refractivity contribution in [1.82, 2.24) is 0 Å². The summed E-state index contributed by atoms with van der Waals surface area (Å²) in [5.41, 5.74) is -7.28. The monoisotopic (exact) mass is 760 g/mol. The Labute approximate surface area is 323 Å². The molecule has 2 bridgehead atoms. The van der Waals surface area contributed by atoms with E-state index in [1.54, 1.807) is 6.08 Å². The summed E-state index contributed by atoms with van der Waals surface area (Å²) >= 11 is 0. The molecule has 11 rings (SSSR count). The minimum Gasteiger partial charge on any atom is -0.508 e. The van der Waals surface area contributed by atoms with Gasteiger partial charge in [0.25, 0.3) is 0 Å². The smallest absolute Gasteiger partial charge is 0.160 e. The van der Waals surface area contributed by atoms with Gasteiger partial charge in [0.2, 0.25) is 0 Å². The van der Waals surface area contributed by atoms with Gasteiger partial charge < -0.3 is 45.6 Å². The molecule has 1 aromatic rings. The molecule has 1 aliphatic heterocycles. The topological polar surface area (TPSA) is 188 Å². The number of hydrogen-bond donors (Lipinski definition) is 8. The molecule has 1 saturated heterocycles. The number of carbonyl (C=O) groups is 1. The molecule has 0 aromatic heterocycles. The van der Waals surface area contributed by atoms with Crippen molar-refractivity contribution in [1.29, 1.82) is 0 Å². The Balaban J connectivity index is 1.15. The highest BCUT2D eigenvalue weighted by Gasteiger charge is 2.84. The van der Waals surface area contributed by atoms with E-state index in [2.05, 4.69) is 32.9 Å². The average molecular weight is 761 g/mol. The number of rotatable bonds is 2. The summed E-state index contributed by atoms with van der Waals surface area (Å²) in [6, 6.07) is 2.81. The number of fused-ring (bicyclic) bond motifs is 14. The Hall–Kier alpha value is -2.31. The van der Waals surface area contributed by atoms with E-state index in [1.165, 1.54) is 12.1 Å². The number of phenols is 2. The maximum Gasteiger partial charge on any atom is 0.160 e. The molecule has 10 aliphatic rings. The van der Waals surface area contributed by atoms with E-state index >= 15 is 4.79 Å². The van der Waals surface area contributed by atoms with E-state index in [4.69, 9.17) is 4.74 Å². The van der Waals surface area contributed by atoms with Crippen LogP contribution in [0.3, 0.4) is 0 Å². The van der Waals surface area contributed by atoms with E-state index in [-0.39, 0.29) is 72.7 Å². The summed E-state index contributed by atoms with van der Waals surface area (Å²) < 4.78 is 7.24. The fraction of sp³-hybridized carbons (Fsp3) is 0.756. The quantitative estimate of drug-likeness (QED) is 0.202. The first kappa shape index (κ1) is 37.0. The molecule has 1 aromatic carbocycles. The van der Waals surface area contributed by atoms with Crippen LogP contribution in [0.2, 0.25) is 0 Å². The number of aromatic hydroxyl groups is 2. The number of allylic oxidation sites excluding steroid dienone is 2. The van der Waals surface area contributed by atoms with Crippen LogP contribution in [0.4, 0.5) is 0 Å². The molecule has 5 saturated carbocycles. The van der Waals surface area contributed by atoms with Crippen molar-refractivity contribution in [3.05, 3.63) is 47.1 Å². The van der Waals surface area contributed by atoms with E-state index in [0.717, 1.165) is 38.5 Å². The molecule has 16 atom stereocenters. The number of phenolic OH excluding ortho intramolecular Hbond substituents is 2. The standard InChI is InChI=1S/C45H60O10/c1-23-37(51)45(24-7-12-38(23,2)13-8-24)43(53,15-16-46)36-31(55-45)20-44(54)28-19-30(49)34-33-27-17-25(47)18-29(48)26(27)9-14-42(33,52)32(50)21-39(34,3)35(28)41(10-5-6-11-41)22-40(36,44)4/h7,12,17-19,23-24,31-37,46-48,50-54H,5-6,8-11,13-16,20-22H2,1-4H3. The molecule has 9 aliphatic carbocycles. The first-order chi connectivity index (χ1) is 25.8. The van der Waals surface area contributed by atoms with Crippen LogP contribution in [0, 0.1) is 51.2 Å². The lowest BCUT2D eigenvalue weighted by Crippen LogP contribution is -2.72. The normalized spacial score (nSPS) is 54.0. The van der Waals surface area contributed by atoms with Crippen LogP contribution < -0.4 is 0 Å². The van der Waals surface area contributed by atoms with Crippen LogP contribution in [-0.2, 0) is 16.0 Å². The van der Waals surface area contributed by atoms with Gasteiger partial charge in [0.15, 0.2) is 5.78 Å². The molecule has 10 heteroatoms. The molecule has 55 heavy (non-hydrogen) atoms. The molecular weight excluding hydrogens is 700 g/mol. The summed E-state index contributed by atoms with van der Waals surface area (Å²) in [6.07, 6.45) is 9.37. The van der Waals surface area contributed by atoms with E-state index in [9.17, 15) is 40.9 Å². The van der Waals surface area contributed by atoms with Gasteiger partial charge in [-0.3, -0.25) is 4.79 Å². The molecule has 2 spiro atoms. The van der Waals surface area contributed by atoms with Gasteiger partial charge in [-0.1, -0.05) is 52.7 Å². The Bertz CT molecular complexity index is 1920. The van der Waals surface area contributed by atoms with Crippen LogP contribution in [0.5, 0.6) is 11.5 Å². The molecule has 10 nitrogen and oxygen atoms in total. The zero-order valence-electron chi connectivity index (χ0n) is 32.7. The van der Waals surface area contributed by atoms with Gasteiger partial charge in [0.1, 0.15) is 22.7 Å². The number of carbonyl (C=O) groups excluding carboxylic acids is 1. The molecule has 300 valence electrons. The lowest BCUT2D eigenvalue weighted by molar-refractivity contribution is -0.253. The molecule has 16 unspecified atom stereocenters. The Kier molecular flexibility index (Phi) is 7.42. The molecule has 8 N–H and O–H groups in total. The number of benzene rings is 1. The zero-order chi connectivity index (χ0) is 39.1. The maximum absolute atomic E-state index is 15.1. The highest BCUT2D eigenvalue weighted by Crippen LogP contribution is 2.80. The minimum absolute atomic E-state index is 0.0234. The van der Waals surface area contributed by atoms with Crippen molar-refractivity contribution in [2.45, 2.75) is 151 Å². The third-order valence-corrected chi connectivity index (χ3v) is 18.9. The van der Waals surface area contributed by atoms with Crippen molar-refractivity contribution in [2.24, 2.45) is 51.2 Å². The van der Waals surface area contributed by atoms with Crippen LogP contribution in [-0.4, -0.2) is 94.0 Å². The van der Waals surface area contributed by atoms with Crippen LogP contribution >= 0.6 is 0 Å². The third kappa shape index (κ3) is 4.04. The zero-order valence-corrected chi connectivity index (χ0v) is 32.7. The second-order valence-corrected chi connectivity index (χ2v) is 20.9. The van der Waals surface area contributed by atoms with Crippen molar-refractivity contribution in [3.63, 3.8) is 0 Å². The molecular formula is C45H60O10. The third-order valence-electron chi connectivity index (χ3n) is 18.9. The fourth-order valence-electron chi connectivity index (χ4n) is 16.6. The second kappa shape index (κ2) is 11.0. The van der Waals surface area contributed by atoms with Gasteiger partial charge in [0.05, 0.1) is 29.5 Å². The van der Waals surface area contributed by atoms with Crippen molar-refractivity contribution in [3.8, 4) is 11.5 Å². The van der Waals surface area contributed by atoms with Crippen molar-refractivity contribution < 1.29 is 50.4 Å². The van der Waals surface area contributed by atoms with Gasteiger partial charge in [-0.15, -0.1) is 0 Å². The predicted molar refractivity (Wildman–Crippen MR) is 201 cm³/mol. The summed E-state index contributed by atoms with van der Waals surface area (Å²) in [6.45, 7) is 7.96. The fourth-order valence-corrected chi connectivity index (χ4v) is 16.6. The SMILES string of the molecule is CC1C(O)C2(OC3CC4(O)C5=CC(=O)C6C7c8cc(O)cc(O)c8CCC7(O)C(O)CC6(C)C5C5(CCCC5)CC4(C)C3C2(O)CCO)C2C=CC1(C)CC2. The van der Waals surface area contributed by atoms with Gasteiger partial charge in [0, 0.05) is 54.6 Å². The van der Waals surface area contributed by atoms with Gasteiger partial charge in [-0.25, -0.2) is 0 Å². The number of hydrogen-bond acceptors (Lipinski definition) is 10. The average Bonchev–Trinajstić information content (AvgIpc) is 3.71. The highest BCUT2D eigenvalue weighted by molar-refractivity contribution is 5.96. The largest absolute Gasteiger partial charge is 0.508 e. The summed E-state index contributed by atoms with van der Waals surface area (Å²) in [4.78, 5) is 15.1. The summed E-state index contributed by atoms with van der Waals surface area (Å²) in [5.74, 6) is -3.73. The van der Waals surface area contributed by atoms with Gasteiger partial charge in [-0.2, -0.15) is 0 Å². The Morgan fingerprint density at radius 2 is 1.67 bits per heavy atom. The Morgan fingerprint density at radius 1 is 0.945 bits per heavy atom. The first-order valence-electron chi connectivity index (χ1n) is 21.1. The lowest BCUT2D eigenvalue weighted by atomic mass is 9.36. The van der Waals surface area contributed by atoms with Crippen molar-refractivity contribution in [2.75, 3.05) is 6.61 Å². The first-order valence-corrected chi connectivity index (χ1v) is 21.1. The Morgan fingerprint density at radius 3 is 2.35 bits per heavy atom. The van der Waals surface area contributed by atoms with E-state index < -0.39 is 74.7 Å². The summed E-state index contributed by atoms with van der Waals surface area (Å²) in [7, 11) is 0. The molecule has 0 radical (unpaired) electrons. The molecule has 0 amide bonds. The second-order valence-electron chi connectivity index (χ2n) is 20.9. The van der Waals surface area contributed by atoms with E-state index in [1.807, 2.05) is 6.92 Å². The minimum atomic E-state index is -1.70. The number of aliphatic hydroxyl groups is 6. The number of ketones is 1. The van der Waals surface area contributed by atoms with Crippen molar-refractivity contribution >= 4 is 5.78 Å². The predicted octanol–water partition coefficient (Wildman–Crippen LogP) is 4.33. The molecule has 1 heterocycles. The van der Waals surface area contributed by atoms with Gasteiger partial charge >= 0.3 is 0 Å². The number of aliphatic hydroxyl groups excluding tert-OH is 3. The number of ether oxygens (including phenoxy) is 1. The highest BCUT2D eigenvalue weighted by atomic mass is 16.6. The lowest BCUT2D eigenvalue weighted by Gasteiger charge is -2.69.